The largest absolute Gasteiger partial charge is 0.488 e. The number of anilines is 2. The van der Waals surface area contributed by atoms with Gasteiger partial charge in [-0.15, -0.1) is 0 Å². The minimum Gasteiger partial charge on any atom is -0.488 e. The maximum Gasteiger partial charge on any atom is 0.329 e. The minimum absolute atomic E-state index is 0.0700. The molecule has 5 aromatic rings. The van der Waals surface area contributed by atoms with Crippen LogP contribution in [0.5, 0.6) is 11.5 Å². The predicted octanol–water partition coefficient (Wildman–Crippen LogP) is 5.75. The van der Waals surface area contributed by atoms with Crippen LogP contribution >= 0.6 is 11.6 Å². The molecule has 17 heteroatoms. The third-order valence-electron chi connectivity index (χ3n) is 11.8. The number of imide groups is 1. The number of aliphatic hydroxyl groups excluding tert-OH is 1. The molecule has 0 radical (unpaired) electrons. The SMILES string of the molecule is CC1c2c(cc(F)c(Cl)c2-c2c(C(N)=O)ccc(OCCO)c2F)OC1(CNCCOC1CCCN(c2cccc3c(N4CCC(=O)NC4=O)nn(C)c23)C1)c1ccccc1. The number of nitrogens with zero attached hydrogens (tertiary/aromatic N) is 4. The van der Waals surface area contributed by atoms with E-state index in [1.54, 1.807) is 4.68 Å². The van der Waals surface area contributed by atoms with Crippen molar-refractivity contribution < 1.29 is 42.5 Å². The highest BCUT2D eigenvalue weighted by atomic mass is 35.5. The number of rotatable bonds is 14. The molecule has 0 aliphatic carbocycles. The Morgan fingerprint density at radius 3 is 2.66 bits per heavy atom. The monoisotopic (exact) mass is 857 g/mol. The summed E-state index contributed by atoms with van der Waals surface area (Å²) in [6, 6.07) is 18.5. The summed E-state index contributed by atoms with van der Waals surface area (Å²) in [4.78, 5) is 41.0. The fourth-order valence-electron chi connectivity index (χ4n) is 8.87. The van der Waals surface area contributed by atoms with Gasteiger partial charge < -0.3 is 35.3 Å². The number of benzene rings is 4. The van der Waals surface area contributed by atoms with Crippen LogP contribution in [-0.2, 0) is 22.2 Å². The molecule has 320 valence electrons. The lowest BCUT2D eigenvalue weighted by molar-refractivity contribution is -0.120. The first kappa shape index (κ1) is 41.9. The number of primary amides is 1. The number of aryl methyl sites for hydroxylation is 1. The van der Waals surface area contributed by atoms with Gasteiger partial charge >= 0.3 is 6.03 Å². The lowest BCUT2D eigenvalue weighted by atomic mass is 9.77. The number of amides is 4. The van der Waals surface area contributed by atoms with E-state index in [0.29, 0.717) is 31.1 Å². The maximum absolute atomic E-state index is 16.4. The highest BCUT2D eigenvalue weighted by molar-refractivity contribution is 6.34. The van der Waals surface area contributed by atoms with Crippen molar-refractivity contribution in [2.24, 2.45) is 12.8 Å². The second-order valence-corrected chi connectivity index (χ2v) is 15.8. The van der Waals surface area contributed by atoms with Crippen LogP contribution in [0.1, 0.15) is 53.6 Å². The summed E-state index contributed by atoms with van der Waals surface area (Å²) >= 11 is 6.67. The Kier molecular flexibility index (Phi) is 11.9. The number of ether oxygens (including phenoxy) is 3. The number of nitrogens with two attached hydrogens (primary N) is 1. The number of urea groups is 1. The summed E-state index contributed by atoms with van der Waals surface area (Å²) in [5, 5.41) is 20.3. The quantitative estimate of drug-likeness (QED) is 0.101. The molecule has 0 bridgehead atoms. The number of aliphatic hydroxyl groups is 1. The number of fused-ring (bicyclic) bond motifs is 2. The Balaban J connectivity index is 0.999. The summed E-state index contributed by atoms with van der Waals surface area (Å²) in [7, 11) is 1.84. The van der Waals surface area contributed by atoms with Crippen molar-refractivity contribution in [3.63, 3.8) is 0 Å². The fraction of sp³-hybridized carbons (Fsp3) is 0.364. The fourth-order valence-corrected chi connectivity index (χ4v) is 9.12. The lowest BCUT2D eigenvalue weighted by Gasteiger charge is -2.35. The summed E-state index contributed by atoms with van der Waals surface area (Å²) in [5.41, 5.74) is 6.99. The third-order valence-corrected chi connectivity index (χ3v) is 12.1. The normalized spacial score (nSPS) is 20.2. The van der Waals surface area contributed by atoms with Gasteiger partial charge in [0.1, 0.15) is 18.2 Å². The molecule has 8 rings (SSSR count). The zero-order valence-electron chi connectivity index (χ0n) is 33.7. The second kappa shape index (κ2) is 17.3. The van der Waals surface area contributed by atoms with Gasteiger partial charge in [-0.05, 0) is 42.7 Å². The van der Waals surface area contributed by atoms with Gasteiger partial charge in [-0.2, -0.15) is 5.10 Å². The first-order valence-corrected chi connectivity index (χ1v) is 20.6. The van der Waals surface area contributed by atoms with E-state index in [1.165, 1.54) is 23.1 Å². The molecule has 3 aliphatic heterocycles. The highest BCUT2D eigenvalue weighted by Gasteiger charge is 2.50. The summed E-state index contributed by atoms with van der Waals surface area (Å²) in [5.74, 6) is -3.31. The Labute approximate surface area is 355 Å². The smallest absolute Gasteiger partial charge is 0.329 e. The Bertz CT molecular complexity index is 2510. The van der Waals surface area contributed by atoms with Crippen LogP contribution in [0.3, 0.4) is 0 Å². The van der Waals surface area contributed by atoms with Crippen LogP contribution < -0.4 is 35.6 Å². The molecule has 1 aromatic heterocycles. The van der Waals surface area contributed by atoms with Crippen LogP contribution in [-0.4, -0.2) is 91.4 Å². The van der Waals surface area contributed by atoms with Crippen molar-refractivity contribution in [3.05, 3.63) is 100 Å². The molecule has 4 heterocycles. The van der Waals surface area contributed by atoms with E-state index in [2.05, 4.69) is 20.6 Å². The first-order valence-electron chi connectivity index (χ1n) is 20.2. The number of hydrogen-bond donors (Lipinski definition) is 4. The van der Waals surface area contributed by atoms with Gasteiger partial charge in [0.15, 0.2) is 23.0 Å². The molecule has 3 aliphatic rings. The number of para-hydroxylation sites is 1. The van der Waals surface area contributed by atoms with Gasteiger partial charge in [0.2, 0.25) is 11.8 Å². The van der Waals surface area contributed by atoms with Crippen molar-refractivity contribution in [2.45, 2.75) is 43.8 Å². The van der Waals surface area contributed by atoms with E-state index in [1.807, 2.05) is 62.5 Å². The topological polar surface area (TPSA) is 174 Å². The van der Waals surface area contributed by atoms with Crippen LogP contribution in [0.2, 0.25) is 5.02 Å². The average molecular weight is 858 g/mol. The second-order valence-electron chi connectivity index (χ2n) is 15.4. The summed E-state index contributed by atoms with van der Waals surface area (Å²) in [6.45, 7) is 4.01. The molecule has 5 N–H and O–H groups in total. The third kappa shape index (κ3) is 7.73. The Morgan fingerprint density at radius 1 is 1.10 bits per heavy atom. The van der Waals surface area contributed by atoms with E-state index >= 15 is 8.78 Å². The highest BCUT2D eigenvalue weighted by Crippen LogP contribution is 2.56. The van der Waals surface area contributed by atoms with Gasteiger partial charge in [0.25, 0.3) is 0 Å². The Hall–Kier alpha value is -5.81. The molecule has 0 saturated carbocycles. The molecular weight excluding hydrogens is 812 g/mol. The van der Waals surface area contributed by atoms with E-state index in [9.17, 15) is 19.5 Å². The van der Waals surface area contributed by atoms with Gasteiger partial charge in [-0.25, -0.2) is 13.6 Å². The van der Waals surface area contributed by atoms with Gasteiger partial charge in [0.05, 0.1) is 41.1 Å². The molecule has 3 atom stereocenters. The lowest BCUT2D eigenvalue weighted by Crippen LogP contribution is -2.49. The van der Waals surface area contributed by atoms with Crippen LogP contribution in [0.4, 0.5) is 25.1 Å². The Morgan fingerprint density at radius 2 is 1.90 bits per heavy atom. The number of hydrogen-bond acceptors (Lipinski definition) is 10. The van der Waals surface area contributed by atoms with E-state index in [0.717, 1.165) is 41.5 Å². The van der Waals surface area contributed by atoms with Crippen molar-refractivity contribution in [2.75, 3.05) is 62.3 Å². The van der Waals surface area contributed by atoms with E-state index in [-0.39, 0.29) is 72.9 Å². The average Bonchev–Trinajstić information content (AvgIpc) is 3.74. The molecule has 0 spiro atoms. The van der Waals surface area contributed by atoms with Gasteiger partial charge in [-0.3, -0.25) is 24.5 Å². The molecule has 4 amide bonds. The van der Waals surface area contributed by atoms with E-state index in [4.69, 9.17) is 31.5 Å². The summed E-state index contributed by atoms with van der Waals surface area (Å²) in [6.07, 6.45) is 1.88. The number of aromatic nitrogens is 2. The molecule has 3 unspecified atom stereocenters. The standard InChI is InChI=1S/C44H46ClF2N7O7/c1-25-35-33(22-30(46)38(45)37(35)36-28(41(48)57)13-14-32(39(36)47)60-21-19-55)61-44(25,26-8-4-3-5-9-26)24-49-16-20-59-27-10-7-17-53(23-27)31-12-6-11-29-40(31)52(2)51-42(29)54-18-15-34(56)50-43(54)58/h3-6,8-9,11-14,22,25,27,49,55H,7,10,15-21,23-24H2,1-2H3,(H2,48,57)(H,50,56,58). The number of carbonyl (C=O) groups is 3. The minimum atomic E-state index is -1.13. The summed E-state index contributed by atoms with van der Waals surface area (Å²) < 4.78 is 52.5. The number of piperidine rings is 1. The molecular formula is C44H46ClF2N7O7. The van der Waals surface area contributed by atoms with Crippen molar-refractivity contribution in [1.29, 1.82) is 0 Å². The van der Waals surface area contributed by atoms with Gasteiger partial charge in [0, 0.05) is 80.3 Å². The van der Waals surface area contributed by atoms with Crippen LogP contribution in [0.15, 0.2) is 66.7 Å². The van der Waals surface area contributed by atoms with Crippen LogP contribution in [0.25, 0.3) is 22.0 Å². The number of halogens is 3. The first-order chi connectivity index (χ1) is 29.4. The van der Waals surface area contributed by atoms with Crippen molar-refractivity contribution >= 4 is 51.9 Å². The zero-order valence-corrected chi connectivity index (χ0v) is 34.4. The predicted molar refractivity (Wildman–Crippen MR) is 225 cm³/mol. The number of nitrogens with one attached hydrogen (secondary N) is 2. The molecule has 2 saturated heterocycles. The maximum atomic E-state index is 16.4. The molecule has 61 heavy (non-hydrogen) atoms. The van der Waals surface area contributed by atoms with E-state index < -0.39 is 40.1 Å². The van der Waals surface area contributed by atoms with Crippen LogP contribution in [0, 0.1) is 11.6 Å². The zero-order chi connectivity index (χ0) is 43.0. The van der Waals surface area contributed by atoms with Crippen molar-refractivity contribution in [3.8, 4) is 22.6 Å². The molecule has 14 nitrogen and oxygen atoms in total. The molecule has 4 aromatic carbocycles. The van der Waals surface area contributed by atoms with Crippen molar-refractivity contribution in [1.82, 2.24) is 20.4 Å². The van der Waals surface area contributed by atoms with Gasteiger partial charge in [-0.1, -0.05) is 54.9 Å². The molecule has 2 fully saturated rings. The number of carbonyl (C=O) groups excluding carboxylic acids is 3.